The summed E-state index contributed by atoms with van der Waals surface area (Å²) >= 11 is 1.54. The molecule has 0 fully saturated rings. The first-order chi connectivity index (χ1) is 6.15. The number of aryl methyl sites for hydroxylation is 1. The van der Waals surface area contributed by atoms with E-state index in [9.17, 15) is 10.1 Å². The molecule has 7 heteroatoms. The topological polar surface area (TPSA) is 65.3 Å². The normalized spacial score (nSPS) is 10.0. The summed E-state index contributed by atoms with van der Waals surface area (Å²) in [6.07, 6.45) is 1.55. The first-order valence-corrected chi connectivity index (χ1v) is 10.4. The average Bonchev–Trinajstić information content (AvgIpc) is 2.08. The molecule has 0 saturated heterocycles. The van der Waals surface area contributed by atoms with Gasteiger partial charge in [-0.2, -0.15) is 0 Å². The number of nitro groups is 1. The molecule has 0 aliphatic carbocycles. The molecule has 1 rings (SSSR count). The molecule has 0 saturated carbocycles. The minimum atomic E-state index is -0.520. The molecule has 5 nitrogen and oxygen atoms in total. The Morgan fingerprint density at radius 2 is 2.46 bits per heavy atom. The van der Waals surface area contributed by atoms with Gasteiger partial charge in [0.25, 0.3) is 0 Å². The van der Waals surface area contributed by atoms with Crippen molar-refractivity contribution < 1.29 is 25.6 Å². The van der Waals surface area contributed by atoms with Crippen molar-refractivity contribution in [2.24, 2.45) is 0 Å². The molecule has 72 valence electrons. The predicted molar refractivity (Wildman–Crippen MR) is 50.3 cm³/mol. The third-order valence-electron chi connectivity index (χ3n) is 1.27. The Labute approximate surface area is 95.0 Å². The van der Waals surface area contributed by atoms with Crippen LogP contribution < -0.4 is 20.7 Å². The molecule has 0 radical (unpaired) electrons. The summed E-state index contributed by atoms with van der Waals surface area (Å²) in [5.41, 5.74) is 0.696. The molecular formula is C6H5I2N2O3-. The van der Waals surface area contributed by atoms with Gasteiger partial charge in [-0.05, 0) is 0 Å². The van der Waals surface area contributed by atoms with E-state index in [1.807, 2.05) is 0 Å². The van der Waals surface area contributed by atoms with Gasteiger partial charge in [0.15, 0.2) is 0 Å². The summed E-state index contributed by atoms with van der Waals surface area (Å²) < 4.78 is 5.10. The molecule has 0 bridgehead atoms. The summed E-state index contributed by atoms with van der Waals surface area (Å²) in [6.45, 7) is 1.75. The number of halogens is 2. The second kappa shape index (κ2) is 4.88. The summed E-state index contributed by atoms with van der Waals surface area (Å²) in [7, 11) is 0. The number of hydrogen-bond acceptors (Lipinski definition) is 4. The van der Waals surface area contributed by atoms with E-state index < -0.39 is 22.6 Å². The van der Waals surface area contributed by atoms with Gasteiger partial charge < -0.3 is 0 Å². The van der Waals surface area contributed by atoms with Gasteiger partial charge in [0.05, 0.1) is 0 Å². The van der Waals surface area contributed by atoms with Gasteiger partial charge in [0.1, 0.15) is 0 Å². The molecule has 0 amide bonds. The molecule has 1 heterocycles. The Balaban J connectivity index is 3.10. The molecule has 1 aromatic heterocycles. The Morgan fingerprint density at radius 1 is 1.77 bits per heavy atom. The van der Waals surface area contributed by atoms with E-state index in [0.717, 1.165) is 5.56 Å². The van der Waals surface area contributed by atoms with Crippen LogP contribution in [0.4, 0.5) is 5.69 Å². The third-order valence-corrected chi connectivity index (χ3v) is 2.97. The zero-order valence-corrected chi connectivity index (χ0v) is 10.8. The first-order valence-electron chi connectivity index (χ1n) is 3.19. The van der Waals surface area contributed by atoms with Crippen LogP contribution >= 0.6 is 18.6 Å². The number of aromatic nitrogens is 1. The first kappa shape index (κ1) is 10.9. The maximum absolute atomic E-state index is 10.5. The molecule has 0 aliphatic rings. The van der Waals surface area contributed by atoms with E-state index in [1.165, 1.54) is 6.07 Å². The van der Waals surface area contributed by atoms with Gasteiger partial charge in [-0.15, -0.1) is 0 Å². The number of hydrogen-bond donors (Lipinski definition) is 0. The Morgan fingerprint density at radius 3 is 3.00 bits per heavy atom. The second-order valence-corrected chi connectivity index (χ2v) is 5.24. The van der Waals surface area contributed by atoms with Crippen molar-refractivity contribution in [2.45, 2.75) is 6.92 Å². The van der Waals surface area contributed by atoms with Gasteiger partial charge >= 0.3 is 95.7 Å². The van der Waals surface area contributed by atoms with Crippen LogP contribution in [-0.4, -0.2) is 9.91 Å². The average molecular weight is 407 g/mol. The standard InChI is InChI=1S/C6H5I2N2O3/c1-4-2-5(10(11)12)6(9-3-4)13-8-7/h2-3H,1H3/q-1. The van der Waals surface area contributed by atoms with Crippen LogP contribution in [0.5, 0.6) is 5.88 Å². The fourth-order valence-electron chi connectivity index (χ4n) is 0.759. The minimum absolute atomic E-state index is 0.0589. The molecule has 13 heavy (non-hydrogen) atoms. The monoisotopic (exact) mass is 407 g/mol. The molecule has 0 spiro atoms. The van der Waals surface area contributed by atoms with Crippen molar-refractivity contribution in [3.8, 4) is 5.88 Å². The molecule has 0 aromatic carbocycles. The second-order valence-electron chi connectivity index (χ2n) is 2.23. The van der Waals surface area contributed by atoms with Gasteiger partial charge in [-0.1, -0.05) is 0 Å². The van der Waals surface area contributed by atoms with Crippen molar-refractivity contribution in [2.75, 3.05) is 0 Å². The van der Waals surface area contributed by atoms with Crippen LogP contribution in [-0.2, 0) is 0 Å². The fourth-order valence-corrected chi connectivity index (χ4v) is 2.31. The van der Waals surface area contributed by atoms with E-state index in [4.69, 9.17) is 3.07 Å². The van der Waals surface area contributed by atoms with Crippen LogP contribution in [0.2, 0.25) is 0 Å². The van der Waals surface area contributed by atoms with Crippen LogP contribution in [0, 0.1) is 17.0 Å². The molecule has 1 aromatic rings. The van der Waals surface area contributed by atoms with Crippen LogP contribution in [0.15, 0.2) is 12.3 Å². The molecule has 0 aliphatic heterocycles. The maximum atomic E-state index is 10.5. The van der Waals surface area contributed by atoms with E-state index in [0.29, 0.717) is 0 Å². The van der Waals surface area contributed by atoms with E-state index >= 15 is 0 Å². The predicted octanol–water partition coefficient (Wildman–Crippen LogP) is -0.969. The molecular weight excluding hydrogens is 402 g/mol. The van der Waals surface area contributed by atoms with Crippen LogP contribution in [0.3, 0.4) is 0 Å². The summed E-state index contributed by atoms with van der Waals surface area (Å²) in [4.78, 5) is 13.9. The summed E-state index contributed by atoms with van der Waals surface area (Å²) in [6, 6.07) is 1.46. The number of rotatable bonds is 3. The van der Waals surface area contributed by atoms with E-state index in [1.54, 1.807) is 13.1 Å². The number of nitrogens with zero attached hydrogens (tertiary/aromatic N) is 2. The van der Waals surface area contributed by atoms with E-state index in [2.05, 4.69) is 23.6 Å². The zero-order valence-electron chi connectivity index (χ0n) is 6.53. The Kier molecular flexibility index (Phi) is 4.09. The van der Waals surface area contributed by atoms with Crippen LogP contribution in [0.25, 0.3) is 0 Å². The summed E-state index contributed by atoms with van der Waals surface area (Å²) in [5, 5.41) is 10.5. The van der Waals surface area contributed by atoms with Crippen molar-refractivity contribution in [1.29, 1.82) is 0 Å². The van der Waals surface area contributed by atoms with E-state index in [-0.39, 0.29) is 11.6 Å². The quantitative estimate of drug-likeness (QED) is 0.368. The van der Waals surface area contributed by atoms with Crippen LogP contribution in [0.1, 0.15) is 5.56 Å². The SMILES string of the molecule is Cc1cnc(O[I-]I)c([N+](=O)[O-])c1. The molecule has 0 N–H and O–H groups in total. The molecule has 0 atom stereocenters. The number of pyridine rings is 1. The van der Waals surface area contributed by atoms with Crippen molar-refractivity contribution >= 4 is 24.3 Å². The molecule has 0 unspecified atom stereocenters. The van der Waals surface area contributed by atoms with Gasteiger partial charge in [-0.3, -0.25) is 0 Å². The summed E-state index contributed by atoms with van der Waals surface area (Å²) in [5.74, 6) is 0.123. The third kappa shape index (κ3) is 2.90. The van der Waals surface area contributed by atoms with Gasteiger partial charge in [-0.25, -0.2) is 0 Å². The van der Waals surface area contributed by atoms with Crippen molar-refractivity contribution in [3.63, 3.8) is 0 Å². The Bertz CT molecular complexity index is 332. The fraction of sp³-hybridized carbons (Fsp3) is 0.167. The van der Waals surface area contributed by atoms with Gasteiger partial charge in [0.2, 0.25) is 0 Å². The zero-order chi connectivity index (χ0) is 9.84. The van der Waals surface area contributed by atoms with Crippen molar-refractivity contribution in [1.82, 2.24) is 4.98 Å². The van der Waals surface area contributed by atoms with Crippen molar-refractivity contribution in [3.05, 3.63) is 27.9 Å². The van der Waals surface area contributed by atoms with Gasteiger partial charge in [0, 0.05) is 0 Å². The Hall–Kier alpha value is -0.190.